The molecule has 2 aromatic heterocycles. The third-order valence-corrected chi connectivity index (χ3v) is 3.75. The van der Waals surface area contributed by atoms with E-state index in [0.717, 1.165) is 28.1 Å². The van der Waals surface area contributed by atoms with Crippen molar-refractivity contribution in [3.05, 3.63) is 40.3 Å². The summed E-state index contributed by atoms with van der Waals surface area (Å²) in [7, 11) is 5.86. The number of rotatable bonds is 4. The van der Waals surface area contributed by atoms with Gasteiger partial charge in [0.05, 0.1) is 5.69 Å². The van der Waals surface area contributed by atoms with E-state index < -0.39 is 0 Å². The first-order valence-corrected chi connectivity index (χ1v) is 7.09. The van der Waals surface area contributed by atoms with Crippen LogP contribution in [0.3, 0.4) is 0 Å². The maximum atomic E-state index is 4.54. The summed E-state index contributed by atoms with van der Waals surface area (Å²) in [4.78, 5) is 17.1. The lowest BCUT2D eigenvalue weighted by Crippen LogP contribution is -2.19. The van der Waals surface area contributed by atoms with Crippen molar-refractivity contribution in [1.82, 2.24) is 15.0 Å². The predicted molar refractivity (Wildman–Crippen MR) is 85.1 cm³/mol. The lowest BCUT2D eigenvalue weighted by atomic mass is 10.3. The van der Waals surface area contributed by atoms with Gasteiger partial charge in [0.1, 0.15) is 5.82 Å². The van der Waals surface area contributed by atoms with Gasteiger partial charge in [0.25, 0.3) is 0 Å². The normalized spacial score (nSPS) is 10.4. The van der Waals surface area contributed by atoms with Gasteiger partial charge < -0.3 is 9.80 Å². The van der Waals surface area contributed by atoms with E-state index in [0.29, 0.717) is 5.95 Å². The minimum absolute atomic E-state index is 0.717. The van der Waals surface area contributed by atoms with Crippen molar-refractivity contribution in [2.75, 3.05) is 30.9 Å². The lowest BCUT2D eigenvalue weighted by molar-refractivity contribution is 0.870. The molecule has 0 saturated carbocycles. The number of hydrogen-bond acceptors (Lipinski definition) is 5. The van der Waals surface area contributed by atoms with Crippen molar-refractivity contribution < 1.29 is 0 Å². The van der Waals surface area contributed by atoms with Crippen LogP contribution in [0.5, 0.6) is 0 Å². The van der Waals surface area contributed by atoms with Crippen LogP contribution >= 0.6 is 15.9 Å². The number of halogens is 1. The molecule has 0 aromatic carbocycles. The summed E-state index contributed by atoms with van der Waals surface area (Å²) < 4.78 is 1.02. The first-order chi connectivity index (χ1) is 9.47. The molecule has 0 saturated heterocycles. The molecule has 0 aliphatic heterocycles. The number of pyridine rings is 1. The van der Waals surface area contributed by atoms with Gasteiger partial charge in [-0.05, 0) is 35.0 Å². The maximum absolute atomic E-state index is 4.54. The summed E-state index contributed by atoms with van der Waals surface area (Å²) in [6, 6.07) is 4.01. The van der Waals surface area contributed by atoms with Crippen LogP contribution in [0.15, 0.2) is 29.0 Å². The summed E-state index contributed by atoms with van der Waals surface area (Å²) in [5.41, 5.74) is 2.04. The SMILES string of the molecule is Cc1nc(N(C)Cc2cnc(N(C)C)nc2)ccc1Br. The van der Waals surface area contributed by atoms with Crippen molar-refractivity contribution in [2.24, 2.45) is 0 Å². The molecule has 0 radical (unpaired) electrons. The van der Waals surface area contributed by atoms with E-state index >= 15 is 0 Å². The van der Waals surface area contributed by atoms with E-state index in [1.54, 1.807) is 0 Å². The van der Waals surface area contributed by atoms with Gasteiger partial charge in [-0.2, -0.15) is 0 Å². The van der Waals surface area contributed by atoms with Crippen molar-refractivity contribution in [1.29, 1.82) is 0 Å². The highest BCUT2D eigenvalue weighted by Gasteiger charge is 2.07. The van der Waals surface area contributed by atoms with Gasteiger partial charge in [0.2, 0.25) is 5.95 Å². The smallest absolute Gasteiger partial charge is 0.224 e. The van der Waals surface area contributed by atoms with Crippen molar-refractivity contribution in [3.8, 4) is 0 Å². The molecule has 2 aromatic rings. The molecule has 2 heterocycles. The summed E-state index contributed by atoms with van der Waals surface area (Å²) in [5.74, 6) is 1.65. The van der Waals surface area contributed by atoms with Gasteiger partial charge in [-0.1, -0.05) is 0 Å². The number of aromatic nitrogens is 3. The number of nitrogens with zero attached hydrogens (tertiary/aromatic N) is 5. The summed E-state index contributed by atoms with van der Waals surface area (Å²) >= 11 is 3.46. The minimum atomic E-state index is 0.717. The Kier molecular flexibility index (Phi) is 4.54. The molecule has 2 rings (SSSR count). The fraction of sp³-hybridized carbons (Fsp3) is 0.357. The zero-order valence-corrected chi connectivity index (χ0v) is 13.7. The average Bonchev–Trinajstić information content (AvgIpc) is 2.42. The maximum Gasteiger partial charge on any atom is 0.224 e. The van der Waals surface area contributed by atoms with Crippen molar-refractivity contribution in [3.63, 3.8) is 0 Å². The van der Waals surface area contributed by atoms with Gasteiger partial charge in [0.15, 0.2) is 0 Å². The second-order valence-electron chi connectivity index (χ2n) is 4.88. The summed E-state index contributed by atoms with van der Waals surface area (Å²) in [5, 5.41) is 0. The predicted octanol–water partition coefficient (Wildman–Crippen LogP) is 2.64. The molecule has 6 heteroatoms. The van der Waals surface area contributed by atoms with Gasteiger partial charge in [0, 0.05) is 50.1 Å². The summed E-state index contributed by atoms with van der Waals surface area (Å²) in [6.45, 7) is 2.71. The molecular weight excluding hydrogens is 318 g/mol. The third kappa shape index (κ3) is 3.45. The van der Waals surface area contributed by atoms with Gasteiger partial charge >= 0.3 is 0 Å². The minimum Gasteiger partial charge on any atom is -0.355 e. The van der Waals surface area contributed by atoms with Crippen LogP contribution in [0, 0.1) is 6.92 Å². The van der Waals surface area contributed by atoms with E-state index in [1.807, 2.05) is 57.5 Å². The van der Waals surface area contributed by atoms with Crippen LogP contribution in [-0.2, 0) is 6.54 Å². The molecule has 0 atom stereocenters. The second kappa shape index (κ2) is 6.17. The van der Waals surface area contributed by atoms with Crippen LogP contribution in [0.2, 0.25) is 0 Å². The van der Waals surface area contributed by atoms with Gasteiger partial charge in [-0.15, -0.1) is 0 Å². The van der Waals surface area contributed by atoms with Crippen LogP contribution in [0.25, 0.3) is 0 Å². The second-order valence-corrected chi connectivity index (χ2v) is 5.73. The highest BCUT2D eigenvalue weighted by atomic mass is 79.9. The molecule has 0 amide bonds. The Hall–Kier alpha value is -1.69. The molecule has 106 valence electrons. The quantitative estimate of drug-likeness (QED) is 0.859. The van der Waals surface area contributed by atoms with Crippen LogP contribution in [-0.4, -0.2) is 36.1 Å². The molecule has 0 N–H and O–H groups in total. The fourth-order valence-electron chi connectivity index (χ4n) is 1.76. The zero-order valence-electron chi connectivity index (χ0n) is 12.1. The fourth-order valence-corrected chi connectivity index (χ4v) is 1.98. The zero-order chi connectivity index (χ0) is 14.7. The molecule has 0 fully saturated rings. The van der Waals surface area contributed by atoms with E-state index in [9.17, 15) is 0 Å². The highest BCUT2D eigenvalue weighted by molar-refractivity contribution is 9.10. The molecule has 0 unspecified atom stereocenters. The van der Waals surface area contributed by atoms with Crippen LogP contribution in [0.4, 0.5) is 11.8 Å². The third-order valence-electron chi connectivity index (χ3n) is 2.91. The first-order valence-electron chi connectivity index (χ1n) is 6.30. The Morgan fingerprint density at radius 3 is 2.30 bits per heavy atom. The van der Waals surface area contributed by atoms with Crippen molar-refractivity contribution >= 4 is 27.7 Å². The Balaban J connectivity index is 2.10. The monoisotopic (exact) mass is 335 g/mol. The van der Waals surface area contributed by atoms with E-state index in [4.69, 9.17) is 0 Å². The van der Waals surface area contributed by atoms with E-state index in [2.05, 4.69) is 35.8 Å². The van der Waals surface area contributed by atoms with Crippen LogP contribution in [0.1, 0.15) is 11.3 Å². The molecule has 0 spiro atoms. The number of anilines is 2. The van der Waals surface area contributed by atoms with Gasteiger partial charge in [-0.3, -0.25) is 0 Å². The molecule has 0 bridgehead atoms. The van der Waals surface area contributed by atoms with E-state index in [1.165, 1.54) is 0 Å². The molecular formula is C14H18BrN5. The Morgan fingerprint density at radius 2 is 1.75 bits per heavy atom. The topological polar surface area (TPSA) is 45.2 Å². The van der Waals surface area contributed by atoms with Crippen molar-refractivity contribution in [2.45, 2.75) is 13.5 Å². The Bertz CT molecular complexity index is 583. The molecule has 20 heavy (non-hydrogen) atoms. The molecule has 0 aliphatic rings. The van der Waals surface area contributed by atoms with Gasteiger partial charge in [-0.25, -0.2) is 15.0 Å². The Morgan fingerprint density at radius 1 is 1.10 bits per heavy atom. The molecule has 5 nitrogen and oxygen atoms in total. The van der Waals surface area contributed by atoms with E-state index in [-0.39, 0.29) is 0 Å². The highest BCUT2D eigenvalue weighted by Crippen LogP contribution is 2.19. The standard InChI is InChI=1S/C14H18BrN5/c1-10-12(15)5-6-13(18-10)20(4)9-11-7-16-14(17-8-11)19(2)3/h5-8H,9H2,1-4H3. The summed E-state index contributed by atoms with van der Waals surface area (Å²) in [6.07, 6.45) is 3.70. The number of aryl methyl sites for hydroxylation is 1. The molecule has 0 aliphatic carbocycles. The van der Waals surface area contributed by atoms with Crippen LogP contribution < -0.4 is 9.80 Å². The first kappa shape index (κ1) is 14.7. The largest absolute Gasteiger partial charge is 0.355 e. The Labute approximate surface area is 127 Å². The average molecular weight is 336 g/mol. The lowest BCUT2D eigenvalue weighted by Gasteiger charge is -2.19. The number of hydrogen-bond donors (Lipinski definition) is 0.